The van der Waals surface area contributed by atoms with Gasteiger partial charge in [0.2, 0.25) is 0 Å². The molecule has 0 aliphatic heterocycles. The SMILES string of the molecule is CCNC(=NCCc1nc(C(F)(F)F)cs1)N(C)Cc1ccccc1OC.I. The van der Waals surface area contributed by atoms with Crippen molar-refractivity contribution in [3.05, 3.63) is 45.9 Å². The highest BCUT2D eigenvalue weighted by atomic mass is 127. The Morgan fingerprint density at radius 1 is 1.32 bits per heavy atom. The van der Waals surface area contributed by atoms with Crippen molar-refractivity contribution >= 4 is 41.3 Å². The van der Waals surface area contributed by atoms with Gasteiger partial charge in [-0.05, 0) is 13.0 Å². The van der Waals surface area contributed by atoms with Crippen LogP contribution in [0.15, 0.2) is 34.6 Å². The first kappa shape index (κ1) is 24.5. The summed E-state index contributed by atoms with van der Waals surface area (Å²) in [4.78, 5) is 10.1. The maximum absolute atomic E-state index is 12.6. The van der Waals surface area contributed by atoms with E-state index in [1.54, 1.807) is 7.11 Å². The number of aromatic nitrogens is 1. The Kier molecular flexibility index (Phi) is 10.0. The Labute approximate surface area is 184 Å². The molecule has 0 bridgehead atoms. The maximum atomic E-state index is 12.6. The number of methoxy groups -OCH3 is 1. The second-order valence-corrected chi connectivity index (χ2v) is 6.72. The molecule has 0 aliphatic carbocycles. The predicted molar refractivity (Wildman–Crippen MR) is 117 cm³/mol. The van der Waals surface area contributed by atoms with Gasteiger partial charge in [0.05, 0.1) is 12.1 Å². The van der Waals surface area contributed by atoms with Gasteiger partial charge in [-0.1, -0.05) is 18.2 Å². The van der Waals surface area contributed by atoms with E-state index in [2.05, 4.69) is 15.3 Å². The van der Waals surface area contributed by atoms with Gasteiger partial charge in [-0.2, -0.15) is 13.2 Å². The largest absolute Gasteiger partial charge is 0.496 e. The number of thiazole rings is 1. The van der Waals surface area contributed by atoms with Crippen LogP contribution in [-0.2, 0) is 19.1 Å². The third-order valence-corrected chi connectivity index (χ3v) is 4.63. The zero-order chi connectivity index (χ0) is 19.9. The van der Waals surface area contributed by atoms with Gasteiger partial charge in [-0.25, -0.2) is 4.98 Å². The minimum absolute atomic E-state index is 0. The van der Waals surface area contributed by atoms with Gasteiger partial charge >= 0.3 is 6.18 Å². The fourth-order valence-electron chi connectivity index (χ4n) is 2.45. The van der Waals surface area contributed by atoms with Crippen molar-refractivity contribution in [2.45, 2.75) is 26.1 Å². The summed E-state index contributed by atoms with van der Waals surface area (Å²) in [5.41, 5.74) is 0.175. The molecule has 0 spiro atoms. The van der Waals surface area contributed by atoms with Crippen molar-refractivity contribution in [1.29, 1.82) is 0 Å². The summed E-state index contributed by atoms with van der Waals surface area (Å²) in [7, 11) is 3.53. The van der Waals surface area contributed by atoms with Crippen molar-refractivity contribution in [2.24, 2.45) is 4.99 Å². The first-order valence-electron chi connectivity index (χ1n) is 8.48. The number of alkyl halides is 3. The van der Waals surface area contributed by atoms with Crippen LogP contribution in [0.2, 0.25) is 0 Å². The Bertz CT molecular complexity index is 767. The molecule has 0 saturated heterocycles. The normalized spacial score (nSPS) is 11.7. The highest BCUT2D eigenvalue weighted by Gasteiger charge is 2.33. The lowest BCUT2D eigenvalue weighted by Crippen LogP contribution is -2.38. The molecule has 0 saturated carbocycles. The Balaban J connectivity index is 0.00000392. The maximum Gasteiger partial charge on any atom is 0.434 e. The average Bonchev–Trinajstić information content (AvgIpc) is 3.11. The summed E-state index contributed by atoms with van der Waals surface area (Å²) >= 11 is 1.01. The first-order chi connectivity index (χ1) is 12.8. The van der Waals surface area contributed by atoms with E-state index in [0.717, 1.165) is 28.0 Å². The van der Waals surface area contributed by atoms with Crippen LogP contribution in [0.3, 0.4) is 0 Å². The second-order valence-electron chi connectivity index (χ2n) is 5.78. The predicted octanol–water partition coefficient (Wildman–Crippen LogP) is 4.43. The summed E-state index contributed by atoms with van der Waals surface area (Å²) < 4.78 is 43.2. The third-order valence-electron chi connectivity index (χ3n) is 3.73. The monoisotopic (exact) mass is 528 g/mol. The molecule has 0 amide bonds. The second kappa shape index (κ2) is 11.4. The molecule has 1 aromatic heterocycles. The number of benzene rings is 1. The standard InChI is InChI=1S/C18H23F3N4OS.HI/c1-4-22-17(25(2)11-13-7-5-6-8-14(13)26-3)23-10-9-16-24-15(12-27-16)18(19,20)21;/h5-8,12H,4,9-11H2,1-3H3,(H,22,23);1H. The molecule has 0 radical (unpaired) electrons. The number of aliphatic imine (C=N–C) groups is 1. The van der Waals surface area contributed by atoms with E-state index < -0.39 is 11.9 Å². The van der Waals surface area contributed by atoms with Crippen molar-refractivity contribution in [1.82, 2.24) is 15.2 Å². The van der Waals surface area contributed by atoms with Gasteiger partial charge in [-0.15, -0.1) is 35.3 Å². The van der Waals surface area contributed by atoms with Gasteiger partial charge in [0, 0.05) is 44.0 Å². The smallest absolute Gasteiger partial charge is 0.434 e. The summed E-state index contributed by atoms with van der Waals surface area (Å²) in [6, 6.07) is 7.72. The molecule has 1 heterocycles. The van der Waals surface area contributed by atoms with Gasteiger partial charge in [0.15, 0.2) is 11.7 Å². The van der Waals surface area contributed by atoms with Gasteiger partial charge in [0.25, 0.3) is 0 Å². The summed E-state index contributed by atoms with van der Waals surface area (Å²) in [6.45, 7) is 3.59. The molecule has 0 unspecified atom stereocenters. The molecular weight excluding hydrogens is 504 g/mol. The lowest BCUT2D eigenvalue weighted by atomic mass is 10.2. The summed E-state index contributed by atoms with van der Waals surface area (Å²) in [6.07, 6.45) is -4.04. The number of halogens is 4. The highest BCUT2D eigenvalue weighted by molar-refractivity contribution is 14.0. The van der Waals surface area contributed by atoms with Crippen LogP contribution in [0.5, 0.6) is 5.75 Å². The lowest BCUT2D eigenvalue weighted by Gasteiger charge is -2.23. The zero-order valence-electron chi connectivity index (χ0n) is 15.9. The van der Waals surface area contributed by atoms with Crippen LogP contribution in [0.25, 0.3) is 0 Å². The topological polar surface area (TPSA) is 49.8 Å². The lowest BCUT2D eigenvalue weighted by molar-refractivity contribution is -0.140. The molecule has 0 aliphatic rings. The Morgan fingerprint density at radius 2 is 2.04 bits per heavy atom. The third kappa shape index (κ3) is 7.12. The van der Waals surface area contributed by atoms with E-state index in [-0.39, 0.29) is 24.0 Å². The minimum Gasteiger partial charge on any atom is -0.496 e. The number of rotatable bonds is 7. The number of ether oxygens (including phenoxy) is 1. The molecule has 2 rings (SSSR count). The van der Waals surface area contributed by atoms with Crippen molar-refractivity contribution in [3.8, 4) is 5.75 Å². The van der Waals surface area contributed by atoms with Gasteiger partial charge in [-0.3, -0.25) is 4.99 Å². The van der Waals surface area contributed by atoms with E-state index in [4.69, 9.17) is 4.74 Å². The van der Waals surface area contributed by atoms with Crippen molar-refractivity contribution in [2.75, 3.05) is 27.2 Å². The van der Waals surface area contributed by atoms with E-state index in [0.29, 0.717) is 37.0 Å². The zero-order valence-corrected chi connectivity index (χ0v) is 19.1. The number of guanidine groups is 1. The fourth-order valence-corrected chi connectivity index (χ4v) is 3.24. The molecule has 28 heavy (non-hydrogen) atoms. The van der Waals surface area contributed by atoms with Gasteiger partial charge in [0.1, 0.15) is 5.75 Å². The summed E-state index contributed by atoms with van der Waals surface area (Å²) in [5.74, 6) is 1.47. The molecular formula is C18H24F3IN4OS. The molecule has 1 N–H and O–H groups in total. The van der Waals surface area contributed by atoms with E-state index in [1.807, 2.05) is 43.1 Å². The van der Waals surface area contributed by atoms with Crippen LogP contribution >= 0.6 is 35.3 Å². The number of para-hydroxylation sites is 1. The van der Waals surface area contributed by atoms with E-state index in [1.165, 1.54) is 0 Å². The minimum atomic E-state index is -4.40. The average molecular weight is 528 g/mol. The van der Waals surface area contributed by atoms with E-state index in [9.17, 15) is 13.2 Å². The molecule has 156 valence electrons. The molecule has 0 fully saturated rings. The number of nitrogens with one attached hydrogen (secondary N) is 1. The quantitative estimate of drug-likeness (QED) is 0.329. The Morgan fingerprint density at radius 3 is 2.64 bits per heavy atom. The van der Waals surface area contributed by atoms with Crippen LogP contribution in [0.1, 0.15) is 23.2 Å². The fraction of sp³-hybridized carbons (Fsp3) is 0.444. The highest BCUT2D eigenvalue weighted by Crippen LogP contribution is 2.30. The van der Waals surface area contributed by atoms with Crippen molar-refractivity contribution in [3.63, 3.8) is 0 Å². The number of hydrogen-bond donors (Lipinski definition) is 1. The number of nitrogens with zero attached hydrogens (tertiary/aromatic N) is 3. The van der Waals surface area contributed by atoms with Gasteiger partial charge < -0.3 is 15.0 Å². The molecule has 2 aromatic rings. The molecule has 5 nitrogen and oxygen atoms in total. The van der Waals surface area contributed by atoms with Crippen LogP contribution in [-0.4, -0.2) is 43.1 Å². The van der Waals surface area contributed by atoms with Crippen LogP contribution in [0.4, 0.5) is 13.2 Å². The molecule has 1 aromatic carbocycles. The van der Waals surface area contributed by atoms with Crippen LogP contribution < -0.4 is 10.1 Å². The Hall–Kier alpha value is -1.56. The summed E-state index contributed by atoms with van der Waals surface area (Å²) in [5, 5.41) is 4.66. The molecule has 10 heteroatoms. The van der Waals surface area contributed by atoms with Crippen LogP contribution in [0, 0.1) is 0 Å². The van der Waals surface area contributed by atoms with E-state index >= 15 is 0 Å². The molecule has 0 atom stereocenters. The van der Waals surface area contributed by atoms with Crippen molar-refractivity contribution < 1.29 is 17.9 Å². The number of hydrogen-bond acceptors (Lipinski definition) is 4. The first-order valence-corrected chi connectivity index (χ1v) is 9.36.